The zero-order valence-corrected chi connectivity index (χ0v) is 14.1. The fraction of sp³-hybridized carbons (Fsp3) is 0.579. The van der Waals surface area contributed by atoms with E-state index >= 15 is 0 Å². The number of nitrogens with one attached hydrogen (secondary N) is 1. The maximum absolute atomic E-state index is 13.7. The lowest BCUT2D eigenvalue weighted by molar-refractivity contribution is -0.143. The van der Waals surface area contributed by atoms with Gasteiger partial charge < -0.3 is 10.2 Å². The van der Waals surface area contributed by atoms with E-state index in [0.29, 0.717) is 31.0 Å². The third-order valence-corrected chi connectivity index (χ3v) is 5.23. The van der Waals surface area contributed by atoms with Crippen LogP contribution in [0.3, 0.4) is 0 Å². The van der Waals surface area contributed by atoms with E-state index in [9.17, 15) is 14.0 Å². The molecule has 1 saturated carbocycles. The van der Waals surface area contributed by atoms with Gasteiger partial charge in [0, 0.05) is 20.0 Å². The monoisotopic (exact) mass is 332 g/mol. The zero-order valence-electron chi connectivity index (χ0n) is 14.1. The summed E-state index contributed by atoms with van der Waals surface area (Å²) in [6.07, 6.45) is 4.92. The van der Waals surface area contributed by atoms with Gasteiger partial charge in [-0.25, -0.2) is 4.39 Å². The Labute approximate surface area is 142 Å². The molecule has 3 rings (SSSR count). The van der Waals surface area contributed by atoms with Gasteiger partial charge in [-0.15, -0.1) is 0 Å². The summed E-state index contributed by atoms with van der Waals surface area (Å²) >= 11 is 0. The standard InChI is InChI=1S/C19H25FN2O2/c1-13(23)21-18(15-6-2-3-7-15)19(24)22-11-14(12-22)10-16-8-4-5-9-17(16)20/h4-5,8-9,14-15,18H,2-3,6-7,10-12H2,1H3,(H,21,23). The smallest absolute Gasteiger partial charge is 0.245 e. The van der Waals surface area contributed by atoms with Gasteiger partial charge in [-0.2, -0.15) is 0 Å². The molecule has 1 unspecified atom stereocenters. The highest BCUT2D eigenvalue weighted by atomic mass is 19.1. The van der Waals surface area contributed by atoms with Gasteiger partial charge >= 0.3 is 0 Å². The number of carbonyl (C=O) groups excluding carboxylic acids is 2. The molecule has 1 N–H and O–H groups in total. The van der Waals surface area contributed by atoms with E-state index in [1.807, 2.05) is 11.0 Å². The van der Waals surface area contributed by atoms with Gasteiger partial charge in [0.1, 0.15) is 11.9 Å². The van der Waals surface area contributed by atoms with Crippen LogP contribution in [0.1, 0.15) is 38.2 Å². The van der Waals surface area contributed by atoms with E-state index in [1.165, 1.54) is 13.0 Å². The molecule has 2 fully saturated rings. The van der Waals surface area contributed by atoms with Crippen LogP contribution in [0.5, 0.6) is 0 Å². The third-order valence-electron chi connectivity index (χ3n) is 5.23. The van der Waals surface area contributed by atoms with Crippen LogP contribution in [0, 0.1) is 17.7 Å². The largest absolute Gasteiger partial charge is 0.344 e. The summed E-state index contributed by atoms with van der Waals surface area (Å²) in [6, 6.07) is 6.42. The predicted octanol–water partition coefficient (Wildman–Crippen LogP) is 2.52. The number of hydrogen-bond acceptors (Lipinski definition) is 2. The number of halogens is 1. The lowest BCUT2D eigenvalue weighted by atomic mass is 9.89. The van der Waals surface area contributed by atoms with Gasteiger partial charge in [-0.05, 0) is 42.7 Å². The Morgan fingerprint density at radius 3 is 2.54 bits per heavy atom. The van der Waals surface area contributed by atoms with Crippen molar-refractivity contribution in [1.29, 1.82) is 0 Å². The Morgan fingerprint density at radius 1 is 1.25 bits per heavy atom. The highest BCUT2D eigenvalue weighted by Gasteiger charge is 2.39. The third kappa shape index (κ3) is 3.77. The van der Waals surface area contributed by atoms with Gasteiger partial charge in [0.15, 0.2) is 0 Å². The van der Waals surface area contributed by atoms with E-state index in [0.717, 1.165) is 25.7 Å². The zero-order chi connectivity index (χ0) is 17.1. The molecule has 24 heavy (non-hydrogen) atoms. The van der Waals surface area contributed by atoms with E-state index in [1.54, 1.807) is 12.1 Å². The Morgan fingerprint density at radius 2 is 1.92 bits per heavy atom. The quantitative estimate of drug-likeness (QED) is 0.901. The minimum absolute atomic E-state index is 0.0295. The molecule has 1 saturated heterocycles. The molecule has 1 aliphatic heterocycles. The van der Waals surface area contributed by atoms with Crippen molar-refractivity contribution in [3.8, 4) is 0 Å². The Kier molecular flexibility index (Phi) is 5.17. The second kappa shape index (κ2) is 7.32. The molecule has 1 aliphatic carbocycles. The van der Waals surface area contributed by atoms with Crippen LogP contribution in [0.15, 0.2) is 24.3 Å². The number of nitrogens with zero attached hydrogens (tertiary/aromatic N) is 1. The van der Waals surface area contributed by atoms with Crippen LogP contribution < -0.4 is 5.32 Å². The van der Waals surface area contributed by atoms with Crippen molar-refractivity contribution in [2.45, 2.75) is 45.1 Å². The molecule has 130 valence electrons. The Balaban J connectivity index is 1.56. The number of likely N-dealkylation sites (tertiary alicyclic amines) is 1. The fourth-order valence-corrected chi connectivity index (χ4v) is 3.94. The first-order valence-corrected chi connectivity index (χ1v) is 8.84. The van der Waals surface area contributed by atoms with Crippen LogP contribution >= 0.6 is 0 Å². The van der Waals surface area contributed by atoms with E-state index < -0.39 is 0 Å². The molecule has 1 aromatic rings. The van der Waals surface area contributed by atoms with Crippen molar-refractivity contribution in [2.75, 3.05) is 13.1 Å². The summed E-state index contributed by atoms with van der Waals surface area (Å²) in [6.45, 7) is 2.76. The molecule has 1 heterocycles. The fourth-order valence-electron chi connectivity index (χ4n) is 3.94. The Bertz CT molecular complexity index is 607. The summed E-state index contributed by atoms with van der Waals surface area (Å²) in [5, 5.41) is 2.85. The first kappa shape index (κ1) is 16.9. The summed E-state index contributed by atoms with van der Waals surface area (Å²) < 4.78 is 13.7. The predicted molar refractivity (Wildman–Crippen MR) is 89.7 cm³/mol. The molecule has 1 aromatic carbocycles. The van der Waals surface area contributed by atoms with Crippen molar-refractivity contribution in [3.63, 3.8) is 0 Å². The summed E-state index contributed by atoms with van der Waals surface area (Å²) in [5.41, 5.74) is 0.712. The normalized spacial score (nSPS) is 19.8. The molecule has 0 bridgehead atoms. The number of amides is 2. The number of benzene rings is 1. The highest BCUT2D eigenvalue weighted by Crippen LogP contribution is 2.30. The van der Waals surface area contributed by atoms with Crippen molar-refractivity contribution in [2.24, 2.45) is 11.8 Å². The average Bonchev–Trinajstić information content (AvgIpc) is 3.03. The van der Waals surface area contributed by atoms with Gasteiger partial charge in [-0.1, -0.05) is 31.0 Å². The molecular weight excluding hydrogens is 307 g/mol. The lowest BCUT2D eigenvalue weighted by Crippen LogP contribution is -2.58. The molecule has 0 aromatic heterocycles. The van der Waals surface area contributed by atoms with Crippen LogP contribution in [-0.4, -0.2) is 35.8 Å². The van der Waals surface area contributed by atoms with Gasteiger partial charge in [-0.3, -0.25) is 9.59 Å². The Hall–Kier alpha value is -1.91. The summed E-state index contributed by atoms with van der Waals surface area (Å²) in [5.74, 6) is 0.259. The summed E-state index contributed by atoms with van der Waals surface area (Å²) in [7, 11) is 0. The van der Waals surface area contributed by atoms with Crippen molar-refractivity contribution < 1.29 is 14.0 Å². The number of hydrogen-bond donors (Lipinski definition) is 1. The van der Waals surface area contributed by atoms with E-state index in [-0.39, 0.29) is 29.6 Å². The summed E-state index contributed by atoms with van der Waals surface area (Å²) in [4.78, 5) is 26.0. The average molecular weight is 332 g/mol. The van der Waals surface area contributed by atoms with Gasteiger partial charge in [0.2, 0.25) is 11.8 Å². The van der Waals surface area contributed by atoms with Crippen LogP contribution in [0.25, 0.3) is 0 Å². The molecule has 2 aliphatic rings. The molecule has 0 spiro atoms. The van der Waals surface area contributed by atoms with Crippen molar-refractivity contribution >= 4 is 11.8 Å². The maximum atomic E-state index is 13.7. The molecule has 1 atom stereocenters. The SMILES string of the molecule is CC(=O)NC(C(=O)N1CC(Cc2ccccc2F)C1)C1CCCC1. The minimum Gasteiger partial charge on any atom is -0.344 e. The topological polar surface area (TPSA) is 49.4 Å². The minimum atomic E-state index is -0.389. The molecule has 5 heteroatoms. The van der Waals surface area contributed by atoms with Crippen LogP contribution in [0.4, 0.5) is 4.39 Å². The molecular formula is C19H25FN2O2. The first-order chi connectivity index (χ1) is 11.5. The molecule has 4 nitrogen and oxygen atoms in total. The van der Waals surface area contributed by atoms with Gasteiger partial charge in [0.25, 0.3) is 0 Å². The number of carbonyl (C=O) groups is 2. The number of rotatable bonds is 5. The van der Waals surface area contributed by atoms with Crippen molar-refractivity contribution in [1.82, 2.24) is 10.2 Å². The second-order valence-corrected chi connectivity index (χ2v) is 7.13. The lowest BCUT2D eigenvalue weighted by Gasteiger charge is -2.42. The van der Waals surface area contributed by atoms with E-state index in [2.05, 4.69) is 5.32 Å². The highest BCUT2D eigenvalue weighted by molar-refractivity contribution is 5.87. The van der Waals surface area contributed by atoms with Crippen molar-refractivity contribution in [3.05, 3.63) is 35.6 Å². The van der Waals surface area contributed by atoms with Crippen LogP contribution in [-0.2, 0) is 16.0 Å². The molecule has 0 radical (unpaired) electrons. The van der Waals surface area contributed by atoms with Crippen LogP contribution in [0.2, 0.25) is 0 Å². The van der Waals surface area contributed by atoms with E-state index in [4.69, 9.17) is 0 Å². The first-order valence-electron chi connectivity index (χ1n) is 8.84. The second-order valence-electron chi connectivity index (χ2n) is 7.13. The molecule has 2 amide bonds. The maximum Gasteiger partial charge on any atom is 0.245 e. The van der Waals surface area contributed by atoms with Gasteiger partial charge in [0.05, 0.1) is 0 Å².